The van der Waals surface area contributed by atoms with E-state index in [2.05, 4.69) is 34.5 Å². The summed E-state index contributed by atoms with van der Waals surface area (Å²) in [6.07, 6.45) is 7.16. The molecule has 1 amide bonds. The van der Waals surface area contributed by atoms with E-state index in [-0.39, 0.29) is 11.8 Å². The Morgan fingerprint density at radius 2 is 2.03 bits per heavy atom. The second-order valence-electron chi connectivity index (χ2n) is 9.69. The van der Waals surface area contributed by atoms with Gasteiger partial charge in [0.05, 0.1) is 11.8 Å². The van der Waals surface area contributed by atoms with E-state index in [0.717, 1.165) is 68.7 Å². The summed E-state index contributed by atoms with van der Waals surface area (Å²) in [5, 5.41) is 3.29. The molecule has 1 atom stereocenters. The van der Waals surface area contributed by atoms with E-state index in [1.165, 1.54) is 36.8 Å². The minimum atomic E-state index is 0.134. The average Bonchev–Trinajstić information content (AvgIpc) is 3.51. The summed E-state index contributed by atoms with van der Waals surface area (Å²) < 4.78 is 6.21. The summed E-state index contributed by atoms with van der Waals surface area (Å²) in [7, 11) is 1.94. The predicted molar refractivity (Wildman–Crippen MR) is 128 cm³/mol. The molecular weight excluding hydrogens is 414 g/mol. The van der Waals surface area contributed by atoms with Gasteiger partial charge < -0.3 is 15.0 Å². The molecule has 0 radical (unpaired) electrons. The fraction of sp³-hybridized carbons (Fsp3) is 0.577. The largest absolute Gasteiger partial charge is 0.490 e. The number of rotatable bonds is 6. The third-order valence-electron chi connectivity index (χ3n) is 7.31. The molecule has 176 valence electrons. The molecule has 2 aromatic rings. The highest BCUT2D eigenvalue weighted by molar-refractivity contribution is 5.73. The number of nitrogens with one attached hydrogen (secondary N) is 1. The number of amides is 1. The summed E-state index contributed by atoms with van der Waals surface area (Å²) >= 11 is 0. The van der Waals surface area contributed by atoms with Crippen LogP contribution in [-0.2, 0) is 24.3 Å². The Balaban J connectivity index is 1.29. The van der Waals surface area contributed by atoms with E-state index in [0.29, 0.717) is 6.10 Å². The van der Waals surface area contributed by atoms with Crippen LogP contribution in [0.1, 0.15) is 67.6 Å². The molecule has 1 N–H and O–H groups in total. The molecule has 1 aliphatic carbocycles. The Hall–Kier alpha value is -2.67. The second kappa shape index (κ2) is 9.67. The van der Waals surface area contributed by atoms with Gasteiger partial charge in [0.2, 0.25) is 5.91 Å². The van der Waals surface area contributed by atoms with Gasteiger partial charge in [-0.1, -0.05) is 12.1 Å². The SMILES string of the molecule is CNc1nc([C@H]2CCN(C(C)=O)C2)nc2c1CCN(Cc1cccc(OC3CCCC3)c1)C2. The molecule has 3 heterocycles. The highest BCUT2D eigenvalue weighted by atomic mass is 16.5. The number of ether oxygens (including phenoxy) is 1. The van der Waals surface area contributed by atoms with Crippen LogP contribution in [0.2, 0.25) is 0 Å². The number of carbonyl (C=O) groups is 1. The highest BCUT2D eigenvalue weighted by Gasteiger charge is 2.30. The normalized spacial score (nSPS) is 21.3. The molecule has 1 saturated heterocycles. The number of hydrogen-bond acceptors (Lipinski definition) is 6. The fourth-order valence-corrected chi connectivity index (χ4v) is 5.46. The number of anilines is 1. The van der Waals surface area contributed by atoms with E-state index >= 15 is 0 Å². The minimum Gasteiger partial charge on any atom is -0.490 e. The number of likely N-dealkylation sites (tertiary alicyclic amines) is 1. The van der Waals surface area contributed by atoms with Crippen molar-refractivity contribution in [3.05, 3.63) is 46.9 Å². The van der Waals surface area contributed by atoms with E-state index in [1.807, 2.05) is 11.9 Å². The predicted octanol–water partition coefficient (Wildman–Crippen LogP) is 3.73. The van der Waals surface area contributed by atoms with Gasteiger partial charge in [0.15, 0.2) is 0 Å². The molecule has 2 aliphatic heterocycles. The van der Waals surface area contributed by atoms with Crippen LogP contribution < -0.4 is 10.1 Å². The van der Waals surface area contributed by atoms with E-state index in [4.69, 9.17) is 14.7 Å². The maximum atomic E-state index is 11.8. The van der Waals surface area contributed by atoms with Gasteiger partial charge in [0.25, 0.3) is 0 Å². The van der Waals surface area contributed by atoms with Crippen LogP contribution in [0, 0.1) is 0 Å². The van der Waals surface area contributed by atoms with E-state index in [1.54, 1.807) is 6.92 Å². The van der Waals surface area contributed by atoms with Gasteiger partial charge in [-0.25, -0.2) is 9.97 Å². The minimum absolute atomic E-state index is 0.134. The first-order chi connectivity index (χ1) is 16.1. The second-order valence-corrected chi connectivity index (χ2v) is 9.69. The van der Waals surface area contributed by atoms with Crippen LogP contribution in [0.3, 0.4) is 0 Å². The first kappa shape index (κ1) is 22.1. The van der Waals surface area contributed by atoms with Crippen molar-refractivity contribution in [3.63, 3.8) is 0 Å². The first-order valence-electron chi connectivity index (χ1n) is 12.4. The summed E-state index contributed by atoms with van der Waals surface area (Å²) in [6.45, 7) is 5.84. The lowest BCUT2D eigenvalue weighted by Crippen LogP contribution is -2.32. The zero-order valence-corrected chi connectivity index (χ0v) is 19.8. The van der Waals surface area contributed by atoms with Crippen LogP contribution in [0.25, 0.3) is 0 Å². The van der Waals surface area contributed by atoms with Crippen LogP contribution >= 0.6 is 0 Å². The smallest absolute Gasteiger partial charge is 0.219 e. The standard InChI is InChI=1S/C26H35N5O2/c1-18(32)31-13-10-20(16-31)25-28-24-17-30(12-11-23(24)26(27-2)29-25)15-19-6-5-9-22(14-19)33-21-7-3-4-8-21/h5-6,9,14,20-21H,3-4,7-8,10-13,15-17H2,1-2H3,(H,27,28,29)/t20-/m0/s1. The zero-order valence-electron chi connectivity index (χ0n) is 19.8. The summed E-state index contributed by atoms with van der Waals surface area (Å²) in [6, 6.07) is 8.58. The monoisotopic (exact) mass is 449 g/mol. The van der Waals surface area contributed by atoms with Crippen molar-refractivity contribution in [3.8, 4) is 5.75 Å². The number of carbonyl (C=O) groups excluding carboxylic acids is 1. The Morgan fingerprint density at radius 3 is 2.79 bits per heavy atom. The van der Waals surface area contributed by atoms with Gasteiger partial charge in [0.1, 0.15) is 17.4 Å². The van der Waals surface area contributed by atoms with Crippen molar-refractivity contribution in [1.29, 1.82) is 0 Å². The lowest BCUT2D eigenvalue weighted by atomic mass is 10.0. The lowest BCUT2D eigenvalue weighted by molar-refractivity contribution is -0.127. The molecule has 1 aromatic heterocycles. The van der Waals surface area contributed by atoms with Gasteiger partial charge in [0, 0.05) is 58.2 Å². The van der Waals surface area contributed by atoms with Crippen LogP contribution in [-0.4, -0.2) is 58.5 Å². The number of benzene rings is 1. The maximum absolute atomic E-state index is 11.8. The van der Waals surface area contributed by atoms with E-state index in [9.17, 15) is 4.79 Å². The Labute approximate surface area is 196 Å². The molecule has 0 spiro atoms. The number of fused-ring (bicyclic) bond motifs is 1. The van der Waals surface area contributed by atoms with Crippen molar-refractivity contribution in [2.45, 2.75) is 70.6 Å². The molecule has 0 bridgehead atoms. The summed E-state index contributed by atoms with van der Waals surface area (Å²) in [5.41, 5.74) is 3.64. The topological polar surface area (TPSA) is 70.6 Å². The number of aromatic nitrogens is 2. The van der Waals surface area contributed by atoms with Gasteiger partial charge in [-0.05, 0) is 56.2 Å². The molecule has 5 rings (SSSR count). The third-order valence-corrected chi connectivity index (χ3v) is 7.31. The highest BCUT2D eigenvalue weighted by Crippen LogP contribution is 2.31. The van der Waals surface area contributed by atoms with Crippen LogP contribution in [0.15, 0.2) is 24.3 Å². The van der Waals surface area contributed by atoms with Crippen molar-refractivity contribution in [2.75, 3.05) is 32.0 Å². The van der Waals surface area contributed by atoms with Crippen molar-refractivity contribution in [2.24, 2.45) is 0 Å². The van der Waals surface area contributed by atoms with Gasteiger partial charge in [-0.15, -0.1) is 0 Å². The van der Waals surface area contributed by atoms with Crippen LogP contribution in [0.4, 0.5) is 5.82 Å². The van der Waals surface area contributed by atoms with Gasteiger partial charge >= 0.3 is 0 Å². The van der Waals surface area contributed by atoms with Crippen molar-refractivity contribution < 1.29 is 9.53 Å². The first-order valence-corrected chi connectivity index (χ1v) is 12.4. The molecule has 1 aromatic carbocycles. The quantitative estimate of drug-likeness (QED) is 0.725. The van der Waals surface area contributed by atoms with Gasteiger partial charge in [-0.2, -0.15) is 0 Å². The lowest BCUT2D eigenvalue weighted by Gasteiger charge is -2.30. The number of hydrogen-bond donors (Lipinski definition) is 1. The summed E-state index contributed by atoms with van der Waals surface area (Å²) in [5.74, 6) is 3.16. The van der Waals surface area contributed by atoms with Crippen molar-refractivity contribution in [1.82, 2.24) is 19.8 Å². The molecule has 7 nitrogen and oxygen atoms in total. The Kier molecular flexibility index (Phi) is 6.49. The molecule has 1 saturated carbocycles. The maximum Gasteiger partial charge on any atom is 0.219 e. The zero-order chi connectivity index (χ0) is 22.8. The molecule has 7 heteroatoms. The van der Waals surface area contributed by atoms with Crippen LogP contribution in [0.5, 0.6) is 5.75 Å². The molecule has 3 aliphatic rings. The summed E-state index contributed by atoms with van der Waals surface area (Å²) in [4.78, 5) is 26.0. The fourth-order valence-electron chi connectivity index (χ4n) is 5.46. The average molecular weight is 450 g/mol. The third kappa shape index (κ3) is 4.98. The molecule has 33 heavy (non-hydrogen) atoms. The molecule has 2 fully saturated rings. The van der Waals surface area contributed by atoms with E-state index < -0.39 is 0 Å². The van der Waals surface area contributed by atoms with Gasteiger partial charge in [-0.3, -0.25) is 9.69 Å². The molecule has 0 unspecified atom stereocenters. The Bertz CT molecular complexity index is 1000. The molecular formula is C26H35N5O2. The van der Waals surface area contributed by atoms with Crippen molar-refractivity contribution >= 4 is 11.7 Å². The Morgan fingerprint density at radius 1 is 1.18 bits per heavy atom. The number of nitrogens with zero attached hydrogens (tertiary/aromatic N) is 4.